The Morgan fingerprint density at radius 2 is 2.04 bits per heavy atom. The molecule has 0 radical (unpaired) electrons. The lowest BCUT2D eigenvalue weighted by Crippen LogP contribution is -2.52. The van der Waals surface area contributed by atoms with Crippen molar-refractivity contribution in [2.45, 2.75) is 31.3 Å². The average molecular weight is 381 g/mol. The Labute approximate surface area is 155 Å². The summed E-state index contributed by atoms with van der Waals surface area (Å²) >= 11 is 0. The molecule has 2 atom stereocenters. The van der Waals surface area contributed by atoms with Crippen molar-refractivity contribution in [3.05, 3.63) is 35.9 Å². The topological polar surface area (TPSA) is 79.0 Å². The minimum absolute atomic E-state index is 0.0449. The molecule has 2 aliphatic heterocycles. The van der Waals surface area contributed by atoms with Gasteiger partial charge in [-0.05, 0) is 25.3 Å². The molecule has 2 fully saturated rings. The third-order valence-corrected chi connectivity index (χ3v) is 7.53. The molecule has 3 rings (SSSR count). The molecule has 1 aromatic rings. The second-order valence-electron chi connectivity index (χ2n) is 7.21. The van der Waals surface area contributed by atoms with Crippen molar-refractivity contribution in [3.8, 4) is 0 Å². The predicted octanol–water partition coefficient (Wildman–Crippen LogP) is 1.58. The average Bonchev–Trinajstić information content (AvgIpc) is 2.83. The van der Waals surface area contributed by atoms with E-state index in [2.05, 4.69) is 5.32 Å². The Hall–Kier alpha value is -1.64. The highest BCUT2D eigenvalue weighted by molar-refractivity contribution is 7.89. The fraction of sp³-hybridized carbons (Fsp3) is 0.611. The molecule has 2 aliphatic rings. The molecular formula is C18H27N3O4S. The molecule has 0 spiro atoms. The fourth-order valence-corrected chi connectivity index (χ4v) is 5.38. The highest BCUT2D eigenvalue weighted by Crippen LogP contribution is 2.30. The summed E-state index contributed by atoms with van der Waals surface area (Å²) < 4.78 is 30.9. The van der Waals surface area contributed by atoms with Gasteiger partial charge in [-0.1, -0.05) is 30.3 Å². The molecule has 0 aliphatic carbocycles. The number of nitrogens with one attached hydrogen (secondary N) is 1. The Balaban J connectivity index is 1.71. The molecule has 0 bridgehead atoms. The predicted molar refractivity (Wildman–Crippen MR) is 99.3 cm³/mol. The molecule has 7 nitrogen and oxygen atoms in total. The molecule has 2 amide bonds. The van der Waals surface area contributed by atoms with E-state index in [-0.39, 0.29) is 17.8 Å². The van der Waals surface area contributed by atoms with Gasteiger partial charge in [0.2, 0.25) is 10.0 Å². The quantitative estimate of drug-likeness (QED) is 0.862. The van der Waals surface area contributed by atoms with E-state index in [4.69, 9.17) is 4.74 Å². The molecule has 26 heavy (non-hydrogen) atoms. The smallest absolute Gasteiger partial charge is 0.318 e. The van der Waals surface area contributed by atoms with Crippen LogP contribution in [0.1, 0.15) is 31.4 Å². The highest BCUT2D eigenvalue weighted by Gasteiger charge is 2.44. The lowest BCUT2D eigenvalue weighted by atomic mass is 9.99. The highest BCUT2D eigenvalue weighted by atomic mass is 32.2. The summed E-state index contributed by atoms with van der Waals surface area (Å²) in [5.74, 6) is 0.125. The zero-order valence-corrected chi connectivity index (χ0v) is 16.2. The van der Waals surface area contributed by atoms with E-state index in [1.54, 1.807) is 11.9 Å². The van der Waals surface area contributed by atoms with Gasteiger partial charge in [0.05, 0.1) is 23.9 Å². The number of ether oxygens (including phenoxy) is 1. The van der Waals surface area contributed by atoms with Crippen LogP contribution in [-0.2, 0) is 14.8 Å². The SMILES string of the molecule is CN1C(C)(CNC(=O)N2CCOCCC2c2ccccc2)CCS1(=O)=O. The molecular weight excluding hydrogens is 354 g/mol. The lowest BCUT2D eigenvalue weighted by Gasteiger charge is -2.34. The summed E-state index contributed by atoms with van der Waals surface area (Å²) in [6, 6.07) is 9.72. The van der Waals surface area contributed by atoms with E-state index < -0.39 is 15.6 Å². The van der Waals surface area contributed by atoms with E-state index in [1.165, 1.54) is 4.31 Å². The molecule has 2 heterocycles. The normalized spacial score (nSPS) is 29.3. The zero-order valence-electron chi connectivity index (χ0n) is 15.3. The van der Waals surface area contributed by atoms with Crippen molar-refractivity contribution in [1.82, 2.24) is 14.5 Å². The summed E-state index contributed by atoms with van der Waals surface area (Å²) in [6.45, 7) is 3.79. The molecule has 0 saturated carbocycles. The van der Waals surface area contributed by atoms with E-state index in [0.29, 0.717) is 32.7 Å². The second kappa shape index (κ2) is 7.54. The summed E-state index contributed by atoms with van der Waals surface area (Å²) in [5, 5.41) is 2.96. The number of carbonyl (C=O) groups excluding carboxylic acids is 1. The first-order chi connectivity index (χ1) is 12.3. The summed E-state index contributed by atoms with van der Waals surface area (Å²) in [4.78, 5) is 14.7. The van der Waals surface area contributed by atoms with Crippen molar-refractivity contribution in [1.29, 1.82) is 0 Å². The number of amides is 2. The van der Waals surface area contributed by atoms with Crippen molar-refractivity contribution in [3.63, 3.8) is 0 Å². The van der Waals surface area contributed by atoms with E-state index in [0.717, 1.165) is 12.0 Å². The van der Waals surface area contributed by atoms with Crippen molar-refractivity contribution >= 4 is 16.1 Å². The minimum Gasteiger partial charge on any atom is -0.380 e. The number of hydrogen-bond acceptors (Lipinski definition) is 4. The number of benzene rings is 1. The number of carbonyl (C=O) groups is 1. The molecule has 0 aromatic heterocycles. The van der Waals surface area contributed by atoms with Gasteiger partial charge in [0, 0.05) is 26.7 Å². The number of rotatable bonds is 3. The van der Waals surface area contributed by atoms with Gasteiger partial charge in [0.25, 0.3) is 0 Å². The van der Waals surface area contributed by atoms with Crippen molar-refractivity contribution < 1.29 is 17.9 Å². The van der Waals surface area contributed by atoms with Gasteiger partial charge in [-0.3, -0.25) is 0 Å². The fourth-order valence-electron chi connectivity index (χ4n) is 3.58. The van der Waals surface area contributed by atoms with Gasteiger partial charge in [-0.15, -0.1) is 0 Å². The van der Waals surface area contributed by atoms with E-state index in [1.807, 2.05) is 37.3 Å². The third-order valence-electron chi connectivity index (χ3n) is 5.53. The van der Waals surface area contributed by atoms with Crippen molar-refractivity contribution in [2.24, 2.45) is 0 Å². The maximum absolute atomic E-state index is 12.9. The first-order valence-corrected chi connectivity index (χ1v) is 10.6. The summed E-state index contributed by atoms with van der Waals surface area (Å²) in [7, 11) is -1.63. The van der Waals surface area contributed by atoms with Crippen LogP contribution in [0, 0.1) is 0 Å². The number of sulfonamides is 1. The van der Waals surface area contributed by atoms with Crippen LogP contribution in [0.2, 0.25) is 0 Å². The zero-order chi connectivity index (χ0) is 18.8. The van der Waals surface area contributed by atoms with Crippen LogP contribution in [-0.4, -0.2) is 68.3 Å². The van der Waals surface area contributed by atoms with Crippen LogP contribution in [0.15, 0.2) is 30.3 Å². The van der Waals surface area contributed by atoms with E-state index >= 15 is 0 Å². The molecule has 144 valence electrons. The van der Waals surface area contributed by atoms with Gasteiger partial charge in [-0.2, -0.15) is 4.31 Å². The minimum atomic E-state index is -3.22. The van der Waals surface area contributed by atoms with Gasteiger partial charge in [0.1, 0.15) is 0 Å². The van der Waals surface area contributed by atoms with Crippen LogP contribution in [0.25, 0.3) is 0 Å². The Bertz CT molecular complexity index is 740. The number of urea groups is 1. The van der Waals surface area contributed by atoms with Gasteiger partial charge < -0.3 is 15.0 Å². The first-order valence-electron chi connectivity index (χ1n) is 8.97. The maximum atomic E-state index is 12.9. The van der Waals surface area contributed by atoms with Crippen molar-refractivity contribution in [2.75, 3.05) is 39.1 Å². The number of nitrogens with zero attached hydrogens (tertiary/aromatic N) is 2. The third kappa shape index (κ3) is 3.87. The van der Waals surface area contributed by atoms with Gasteiger partial charge in [-0.25, -0.2) is 13.2 Å². The van der Waals surface area contributed by atoms with Gasteiger partial charge >= 0.3 is 6.03 Å². The number of likely N-dealkylation sites (N-methyl/N-ethyl adjacent to an activating group) is 1. The largest absolute Gasteiger partial charge is 0.380 e. The van der Waals surface area contributed by atoms with Crippen LogP contribution in [0.5, 0.6) is 0 Å². The summed E-state index contributed by atoms with van der Waals surface area (Å²) in [6.07, 6.45) is 1.25. The van der Waals surface area contributed by atoms with Crippen LogP contribution >= 0.6 is 0 Å². The Morgan fingerprint density at radius 1 is 1.31 bits per heavy atom. The molecule has 2 unspecified atom stereocenters. The van der Waals surface area contributed by atoms with E-state index in [9.17, 15) is 13.2 Å². The molecule has 2 saturated heterocycles. The standard InChI is InChI=1S/C18H27N3O4S/c1-18(9-13-26(23,24)20(18)2)14-19-17(22)21-10-12-25-11-8-16(21)15-6-4-3-5-7-15/h3-7,16H,8-14H2,1-2H3,(H,19,22). The second-order valence-corrected chi connectivity index (χ2v) is 9.33. The maximum Gasteiger partial charge on any atom is 0.318 e. The first kappa shape index (κ1) is 19.1. The Kier molecular flexibility index (Phi) is 5.55. The van der Waals surface area contributed by atoms with Crippen LogP contribution in [0.3, 0.4) is 0 Å². The summed E-state index contributed by atoms with van der Waals surface area (Å²) in [5.41, 5.74) is 0.499. The lowest BCUT2D eigenvalue weighted by molar-refractivity contribution is 0.140. The number of hydrogen-bond donors (Lipinski definition) is 1. The van der Waals surface area contributed by atoms with Gasteiger partial charge in [0.15, 0.2) is 0 Å². The Morgan fingerprint density at radius 3 is 2.69 bits per heavy atom. The van der Waals surface area contributed by atoms with Crippen LogP contribution < -0.4 is 5.32 Å². The monoisotopic (exact) mass is 381 g/mol. The molecule has 1 aromatic carbocycles. The van der Waals surface area contributed by atoms with Crippen LogP contribution in [0.4, 0.5) is 4.79 Å². The molecule has 8 heteroatoms. The molecule has 1 N–H and O–H groups in total.